The molecule has 0 radical (unpaired) electrons. The van der Waals surface area contributed by atoms with E-state index in [-0.39, 0.29) is 17.4 Å². The van der Waals surface area contributed by atoms with Crippen molar-refractivity contribution in [2.45, 2.75) is 40.5 Å². The predicted octanol–water partition coefficient (Wildman–Crippen LogP) is 2.11. The molecule has 5 heteroatoms. The molecule has 1 rings (SSSR count). The zero-order chi connectivity index (χ0) is 14.5. The zero-order valence-electron chi connectivity index (χ0n) is 12.6. The van der Waals surface area contributed by atoms with Crippen LogP contribution in [0.15, 0.2) is 0 Å². The minimum atomic E-state index is -0.271. The van der Waals surface area contributed by atoms with Gasteiger partial charge in [-0.05, 0) is 18.8 Å². The van der Waals surface area contributed by atoms with E-state index in [2.05, 4.69) is 20.8 Å². The maximum Gasteiger partial charge on any atom is 0.409 e. The van der Waals surface area contributed by atoms with Crippen molar-refractivity contribution in [1.29, 1.82) is 0 Å². The molecule has 0 bridgehead atoms. The number of rotatable bonds is 2. The highest BCUT2D eigenvalue weighted by Gasteiger charge is 2.25. The summed E-state index contributed by atoms with van der Waals surface area (Å²) in [5.41, 5.74) is 0.00418. The van der Waals surface area contributed by atoms with E-state index in [4.69, 9.17) is 4.74 Å². The molecule has 0 aliphatic carbocycles. The lowest BCUT2D eigenvalue weighted by atomic mass is 9.91. The van der Waals surface area contributed by atoms with Gasteiger partial charge in [0.1, 0.15) is 0 Å². The van der Waals surface area contributed by atoms with Crippen molar-refractivity contribution in [3.05, 3.63) is 0 Å². The first-order valence-corrected chi connectivity index (χ1v) is 7.03. The summed E-state index contributed by atoms with van der Waals surface area (Å²) in [5, 5.41) is 0. The third-order valence-corrected chi connectivity index (χ3v) is 3.06. The van der Waals surface area contributed by atoms with E-state index in [1.165, 1.54) is 0 Å². The summed E-state index contributed by atoms with van der Waals surface area (Å²) in [5.74, 6) is 0.179. The fourth-order valence-corrected chi connectivity index (χ4v) is 2.13. The van der Waals surface area contributed by atoms with Gasteiger partial charge in [-0.25, -0.2) is 4.79 Å². The van der Waals surface area contributed by atoms with E-state index in [1.54, 1.807) is 11.8 Å². The molecule has 1 heterocycles. The summed E-state index contributed by atoms with van der Waals surface area (Å²) < 4.78 is 5.00. The van der Waals surface area contributed by atoms with Gasteiger partial charge in [-0.1, -0.05) is 20.8 Å². The molecule has 0 aromatic rings. The Balaban J connectivity index is 2.50. The van der Waals surface area contributed by atoms with Gasteiger partial charge in [0.05, 0.1) is 6.61 Å². The van der Waals surface area contributed by atoms with E-state index >= 15 is 0 Å². The second-order valence-electron chi connectivity index (χ2n) is 6.16. The SMILES string of the molecule is CCOC(=O)N1CCCN(C(=O)CC(C)(C)C)CC1. The predicted molar refractivity (Wildman–Crippen MR) is 73.9 cm³/mol. The number of hydrogen-bond donors (Lipinski definition) is 0. The quantitative estimate of drug-likeness (QED) is 0.772. The molecule has 19 heavy (non-hydrogen) atoms. The molecular formula is C14H26N2O3. The average Bonchev–Trinajstić information content (AvgIpc) is 2.52. The minimum absolute atomic E-state index is 0.00418. The van der Waals surface area contributed by atoms with Gasteiger partial charge in [0.25, 0.3) is 0 Å². The second kappa shape index (κ2) is 6.78. The molecule has 0 N–H and O–H groups in total. The second-order valence-corrected chi connectivity index (χ2v) is 6.16. The summed E-state index contributed by atoms with van der Waals surface area (Å²) in [6.07, 6.45) is 1.09. The lowest BCUT2D eigenvalue weighted by Crippen LogP contribution is -2.38. The van der Waals surface area contributed by atoms with Gasteiger partial charge in [-0.2, -0.15) is 0 Å². The van der Waals surface area contributed by atoms with Crippen LogP contribution in [0.3, 0.4) is 0 Å². The van der Waals surface area contributed by atoms with Crippen molar-refractivity contribution in [2.75, 3.05) is 32.8 Å². The molecule has 0 saturated carbocycles. The molecule has 110 valence electrons. The third-order valence-electron chi connectivity index (χ3n) is 3.06. The van der Waals surface area contributed by atoms with Crippen molar-refractivity contribution in [2.24, 2.45) is 5.41 Å². The Kier molecular flexibility index (Phi) is 5.63. The van der Waals surface area contributed by atoms with Crippen LogP contribution in [0, 0.1) is 5.41 Å². The highest BCUT2D eigenvalue weighted by Crippen LogP contribution is 2.20. The first-order chi connectivity index (χ1) is 8.83. The van der Waals surface area contributed by atoms with Crippen LogP contribution in [-0.4, -0.2) is 54.6 Å². The van der Waals surface area contributed by atoms with Crippen LogP contribution in [-0.2, 0) is 9.53 Å². The van der Waals surface area contributed by atoms with Crippen LogP contribution in [0.4, 0.5) is 4.79 Å². The molecule has 1 aliphatic heterocycles. The largest absolute Gasteiger partial charge is 0.450 e. The van der Waals surface area contributed by atoms with Crippen molar-refractivity contribution < 1.29 is 14.3 Å². The smallest absolute Gasteiger partial charge is 0.409 e. The van der Waals surface area contributed by atoms with Crippen molar-refractivity contribution in [1.82, 2.24) is 9.80 Å². The Morgan fingerprint density at radius 2 is 1.63 bits per heavy atom. The van der Waals surface area contributed by atoms with Gasteiger partial charge >= 0.3 is 6.09 Å². The summed E-state index contributed by atoms with van der Waals surface area (Å²) in [7, 11) is 0. The molecule has 5 nitrogen and oxygen atoms in total. The monoisotopic (exact) mass is 270 g/mol. The van der Waals surface area contributed by atoms with Crippen LogP contribution in [0.5, 0.6) is 0 Å². The molecule has 0 aromatic heterocycles. The number of ether oxygens (including phenoxy) is 1. The van der Waals surface area contributed by atoms with E-state index in [0.717, 1.165) is 13.0 Å². The summed E-state index contributed by atoms with van der Waals surface area (Å²) in [4.78, 5) is 27.4. The number of amides is 2. The van der Waals surface area contributed by atoms with Gasteiger partial charge in [-0.15, -0.1) is 0 Å². The Labute approximate surface area is 115 Å². The van der Waals surface area contributed by atoms with Gasteiger partial charge in [0.2, 0.25) is 5.91 Å². The van der Waals surface area contributed by atoms with Gasteiger partial charge < -0.3 is 14.5 Å². The van der Waals surface area contributed by atoms with E-state index in [0.29, 0.717) is 32.7 Å². The third kappa shape index (κ3) is 5.49. The Morgan fingerprint density at radius 1 is 1.05 bits per heavy atom. The summed E-state index contributed by atoms with van der Waals surface area (Å²) in [6, 6.07) is 0. The van der Waals surface area contributed by atoms with Crippen molar-refractivity contribution in [3.8, 4) is 0 Å². The standard InChI is InChI=1S/C14H26N2O3/c1-5-19-13(18)16-8-6-7-15(9-10-16)12(17)11-14(2,3)4/h5-11H2,1-4H3. The maximum atomic E-state index is 12.2. The van der Waals surface area contributed by atoms with E-state index in [9.17, 15) is 9.59 Å². The molecule has 0 spiro atoms. The highest BCUT2D eigenvalue weighted by atomic mass is 16.6. The van der Waals surface area contributed by atoms with Gasteiger partial charge in [0.15, 0.2) is 0 Å². The summed E-state index contributed by atoms with van der Waals surface area (Å²) in [6.45, 7) is 10.9. The number of carbonyl (C=O) groups is 2. The normalized spacial score (nSPS) is 17.1. The first-order valence-electron chi connectivity index (χ1n) is 7.03. The average molecular weight is 270 g/mol. The number of hydrogen-bond acceptors (Lipinski definition) is 3. The van der Waals surface area contributed by atoms with Crippen LogP contribution in [0.1, 0.15) is 40.5 Å². The highest BCUT2D eigenvalue weighted by molar-refractivity contribution is 5.77. The lowest BCUT2D eigenvalue weighted by molar-refractivity contribution is -0.132. The molecular weight excluding hydrogens is 244 g/mol. The van der Waals surface area contributed by atoms with Crippen LogP contribution >= 0.6 is 0 Å². The Morgan fingerprint density at radius 3 is 2.21 bits per heavy atom. The molecule has 0 atom stereocenters. The molecule has 0 unspecified atom stereocenters. The minimum Gasteiger partial charge on any atom is -0.450 e. The molecule has 1 aliphatic rings. The molecule has 0 aromatic carbocycles. The number of nitrogens with zero attached hydrogens (tertiary/aromatic N) is 2. The lowest BCUT2D eigenvalue weighted by Gasteiger charge is -2.25. The maximum absolute atomic E-state index is 12.2. The molecule has 2 amide bonds. The molecule has 1 fully saturated rings. The zero-order valence-corrected chi connectivity index (χ0v) is 12.6. The Bertz CT molecular complexity index is 323. The first kappa shape index (κ1) is 15.8. The Hall–Kier alpha value is -1.26. The van der Waals surface area contributed by atoms with E-state index in [1.807, 2.05) is 4.90 Å². The van der Waals surface area contributed by atoms with Crippen molar-refractivity contribution in [3.63, 3.8) is 0 Å². The van der Waals surface area contributed by atoms with Crippen LogP contribution < -0.4 is 0 Å². The van der Waals surface area contributed by atoms with E-state index < -0.39 is 0 Å². The summed E-state index contributed by atoms with van der Waals surface area (Å²) >= 11 is 0. The number of carbonyl (C=O) groups excluding carboxylic acids is 2. The van der Waals surface area contributed by atoms with Gasteiger partial charge in [0, 0.05) is 32.6 Å². The van der Waals surface area contributed by atoms with Gasteiger partial charge in [-0.3, -0.25) is 4.79 Å². The fourth-order valence-electron chi connectivity index (χ4n) is 2.13. The van der Waals surface area contributed by atoms with Crippen LogP contribution in [0.25, 0.3) is 0 Å². The topological polar surface area (TPSA) is 49.9 Å². The fraction of sp³-hybridized carbons (Fsp3) is 0.857. The van der Waals surface area contributed by atoms with Crippen LogP contribution in [0.2, 0.25) is 0 Å². The molecule has 1 saturated heterocycles. The van der Waals surface area contributed by atoms with Crippen molar-refractivity contribution >= 4 is 12.0 Å².